The fourth-order valence-corrected chi connectivity index (χ4v) is 5.55. The third kappa shape index (κ3) is 7.70. The number of benzene rings is 3. The largest absolute Gasteiger partial charge is 0.488 e. The second-order valence-corrected chi connectivity index (χ2v) is 11.7. The number of nitrogens with one attached hydrogen (secondary N) is 1. The average Bonchev–Trinajstić information content (AvgIpc) is 3.09. The first-order valence-corrected chi connectivity index (χ1v) is 15.0. The first-order valence-electron chi connectivity index (χ1n) is 15.0. The molecule has 0 saturated heterocycles. The second kappa shape index (κ2) is 14.3. The maximum absolute atomic E-state index is 13.5. The van der Waals surface area contributed by atoms with E-state index in [2.05, 4.69) is 65.6 Å². The van der Waals surface area contributed by atoms with E-state index in [1.54, 1.807) is 41.6 Å². The van der Waals surface area contributed by atoms with Gasteiger partial charge in [0.2, 0.25) is 5.91 Å². The molecule has 0 spiro atoms. The van der Waals surface area contributed by atoms with Gasteiger partial charge in [0.05, 0.1) is 19.1 Å². The van der Waals surface area contributed by atoms with E-state index in [-0.39, 0.29) is 42.9 Å². The zero-order valence-corrected chi connectivity index (χ0v) is 25.5. The Kier molecular flexibility index (Phi) is 10.0. The first kappa shape index (κ1) is 30.9. The van der Waals surface area contributed by atoms with Crippen molar-refractivity contribution in [3.8, 4) is 16.9 Å². The Bertz CT molecular complexity index is 1550. The Morgan fingerprint density at radius 2 is 1.75 bits per heavy atom. The van der Waals surface area contributed by atoms with Crippen LogP contribution in [0, 0.1) is 5.92 Å². The Labute approximate surface area is 259 Å². The third-order valence-electron chi connectivity index (χ3n) is 8.12. The molecular formula is C36H40N4O4. The summed E-state index contributed by atoms with van der Waals surface area (Å²) >= 11 is 0. The van der Waals surface area contributed by atoms with Crippen molar-refractivity contribution in [3.05, 3.63) is 114 Å². The van der Waals surface area contributed by atoms with Crippen LogP contribution >= 0.6 is 0 Å². The van der Waals surface area contributed by atoms with Gasteiger partial charge < -0.3 is 20.1 Å². The SMILES string of the molecule is C[C@@H]1CN([C@@H](C)CO)C(=O)Cc2cc(NC(=O)c3ccncc3)ccc2O[C@H]1CN(C)Cc1ccc(-c2ccccc2)cc1. The normalized spacial score (nSPS) is 17.6. The van der Waals surface area contributed by atoms with Crippen molar-refractivity contribution in [3.63, 3.8) is 0 Å². The summed E-state index contributed by atoms with van der Waals surface area (Å²) in [5.41, 5.74) is 5.32. The number of pyridine rings is 1. The molecule has 4 aromatic rings. The lowest BCUT2D eigenvalue weighted by Crippen LogP contribution is -2.47. The van der Waals surface area contributed by atoms with E-state index in [9.17, 15) is 14.7 Å². The van der Waals surface area contributed by atoms with Gasteiger partial charge in [-0.05, 0) is 61.0 Å². The quantitative estimate of drug-likeness (QED) is 0.275. The van der Waals surface area contributed by atoms with Gasteiger partial charge in [-0.15, -0.1) is 0 Å². The summed E-state index contributed by atoms with van der Waals surface area (Å²) < 4.78 is 6.67. The van der Waals surface area contributed by atoms with Crippen molar-refractivity contribution in [1.82, 2.24) is 14.8 Å². The van der Waals surface area contributed by atoms with Gasteiger partial charge >= 0.3 is 0 Å². The average molecular weight is 593 g/mol. The Balaban J connectivity index is 1.35. The molecule has 1 aromatic heterocycles. The molecule has 1 aliphatic heterocycles. The molecule has 8 nitrogen and oxygen atoms in total. The molecule has 8 heteroatoms. The lowest BCUT2D eigenvalue weighted by atomic mass is 10.0. The number of aliphatic hydroxyl groups excluding tert-OH is 1. The van der Waals surface area contributed by atoms with Crippen molar-refractivity contribution in [2.24, 2.45) is 5.92 Å². The van der Waals surface area contributed by atoms with Crippen LogP contribution in [0.4, 0.5) is 5.69 Å². The molecule has 44 heavy (non-hydrogen) atoms. The minimum Gasteiger partial charge on any atom is -0.488 e. The number of aromatic nitrogens is 1. The smallest absolute Gasteiger partial charge is 0.255 e. The zero-order chi connectivity index (χ0) is 31.1. The van der Waals surface area contributed by atoms with E-state index in [1.165, 1.54) is 16.7 Å². The van der Waals surface area contributed by atoms with E-state index < -0.39 is 0 Å². The van der Waals surface area contributed by atoms with Crippen molar-refractivity contribution in [1.29, 1.82) is 0 Å². The molecule has 1 aliphatic rings. The minimum absolute atomic E-state index is 0.00660. The number of aliphatic hydroxyl groups is 1. The number of anilines is 1. The fourth-order valence-electron chi connectivity index (χ4n) is 5.55. The number of likely N-dealkylation sites (N-methyl/N-ethyl adjacent to an activating group) is 1. The summed E-state index contributed by atoms with van der Waals surface area (Å²) in [6.07, 6.45) is 3.02. The summed E-state index contributed by atoms with van der Waals surface area (Å²) in [5.74, 6) is 0.264. The van der Waals surface area contributed by atoms with Crippen molar-refractivity contribution in [2.45, 2.75) is 39.0 Å². The van der Waals surface area contributed by atoms with E-state index in [0.29, 0.717) is 35.7 Å². The summed E-state index contributed by atoms with van der Waals surface area (Å²) in [6, 6.07) is 27.3. The second-order valence-electron chi connectivity index (χ2n) is 11.7. The van der Waals surface area contributed by atoms with Crippen LogP contribution in [-0.2, 0) is 17.8 Å². The molecule has 228 valence electrons. The van der Waals surface area contributed by atoms with Gasteiger partial charge in [0.25, 0.3) is 5.91 Å². The molecule has 3 atom stereocenters. The Morgan fingerprint density at radius 1 is 1.05 bits per heavy atom. The molecule has 2 heterocycles. The Morgan fingerprint density at radius 3 is 2.45 bits per heavy atom. The number of carbonyl (C=O) groups is 2. The van der Waals surface area contributed by atoms with Crippen LogP contribution in [0.15, 0.2) is 97.3 Å². The lowest BCUT2D eigenvalue weighted by Gasteiger charge is -2.34. The van der Waals surface area contributed by atoms with E-state index in [0.717, 1.165) is 6.54 Å². The van der Waals surface area contributed by atoms with Crippen LogP contribution in [0.2, 0.25) is 0 Å². The topological polar surface area (TPSA) is 95.0 Å². The number of rotatable bonds is 9. The van der Waals surface area contributed by atoms with Gasteiger partial charge in [-0.25, -0.2) is 0 Å². The highest BCUT2D eigenvalue weighted by Crippen LogP contribution is 2.30. The molecule has 0 aliphatic carbocycles. The lowest BCUT2D eigenvalue weighted by molar-refractivity contribution is -0.134. The third-order valence-corrected chi connectivity index (χ3v) is 8.12. The molecule has 0 radical (unpaired) electrons. The van der Waals surface area contributed by atoms with Crippen molar-refractivity contribution < 1.29 is 19.4 Å². The molecular weight excluding hydrogens is 552 g/mol. The molecule has 5 rings (SSSR count). The zero-order valence-electron chi connectivity index (χ0n) is 25.5. The van der Waals surface area contributed by atoms with Crippen molar-refractivity contribution in [2.75, 3.05) is 32.1 Å². The highest BCUT2D eigenvalue weighted by molar-refractivity contribution is 6.04. The van der Waals surface area contributed by atoms with Gasteiger partial charge in [0.15, 0.2) is 0 Å². The number of amides is 2. The van der Waals surface area contributed by atoms with Gasteiger partial charge in [0.1, 0.15) is 11.9 Å². The standard InChI is InChI=1S/C36H40N4O4/c1-25-21-40(26(2)24-41)35(42)20-31-19-32(38-36(43)30-15-17-37-18-16-30)13-14-33(31)44-34(25)23-39(3)22-27-9-11-29(12-10-27)28-7-5-4-6-8-28/h4-19,25-26,34,41H,20-24H2,1-3H3,(H,38,43)/t25-,26+,34+/m1/s1. The monoisotopic (exact) mass is 592 g/mol. The van der Waals surface area contributed by atoms with E-state index in [4.69, 9.17) is 4.74 Å². The Hall–Kier alpha value is -4.53. The molecule has 0 unspecified atom stereocenters. The molecule has 2 N–H and O–H groups in total. The van der Waals surface area contributed by atoms with Gasteiger partial charge in [-0.2, -0.15) is 0 Å². The van der Waals surface area contributed by atoms with Crippen LogP contribution < -0.4 is 10.1 Å². The number of ether oxygens (including phenoxy) is 1. The highest BCUT2D eigenvalue weighted by atomic mass is 16.5. The molecule has 0 saturated carbocycles. The van der Waals surface area contributed by atoms with Crippen LogP contribution in [0.3, 0.4) is 0 Å². The van der Waals surface area contributed by atoms with Crippen LogP contribution in [0.1, 0.15) is 35.3 Å². The molecule has 0 fully saturated rings. The number of carbonyl (C=O) groups excluding carboxylic acids is 2. The summed E-state index contributed by atoms with van der Waals surface area (Å²) in [4.78, 5) is 34.3. The van der Waals surface area contributed by atoms with E-state index in [1.807, 2.05) is 31.2 Å². The summed E-state index contributed by atoms with van der Waals surface area (Å²) in [6.45, 7) is 5.66. The molecule has 0 bridgehead atoms. The summed E-state index contributed by atoms with van der Waals surface area (Å²) in [7, 11) is 2.08. The van der Waals surface area contributed by atoms with Crippen LogP contribution in [0.25, 0.3) is 11.1 Å². The van der Waals surface area contributed by atoms with Crippen molar-refractivity contribution >= 4 is 17.5 Å². The maximum Gasteiger partial charge on any atom is 0.255 e. The van der Waals surface area contributed by atoms with E-state index >= 15 is 0 Å². The number of hydrogen-bond acceptors (Lipinski definition) is 6. The van der Waals surface area contributed by atoms with Gasteiger partial charge in [-0.1, -0.05) is 61.5 Å². The van der Waals surface area contributed by atoms with Gasteiger partial charge in [-0.3, -0.25) is 19.5 Å². The molecule has 2 amide bonds. The number of hydrogen-bond donors (Lipinski definition) is 2. The highest BCUT2D eigenvalue weighted by Gasteiger charge is 2.31. The predicted molar refractivity (Wildman–Crippen MR) is 172 cm³/mol. The maximum atomic E-state index is 13.5. The molecule has 3 aromatic carbocycles. The van der Waals surface area contributed by atoms with Crippen LogP contribution in [-0.4, -0.2) is 70.6 Å². The van der Waals surface area contributed by atoms with Crippen LogP contribution in [0.5, 0.6) is 5.75 Å². The number of fused-ring (bicyclic) bond motifs is 1. The summed E-state index contributed by atoms with van der Waals surface area (Å²) in [5, 5.41) is 12.9. The predicted octanol–water partition coefficient (Wildman–Crippen LogP) is 5.28. The minimum atomic E-state index is -0.331. The van der Waals surface area contributed by atoms with Gasteiger partial charge in [0, 0.05) is 54.8 Å². The fraction of sp³-hybridized carbons (Fsp3) is 0.306. The first-order chi connectivity index (χ1) is 21.3. The number of nitrogens with zero attached hydrogens (tertiary/aromatic N) is 3.